The third-order valence-corrected chi connectivity index (χ3v) is 1.95. The Morgan fingerprint density at radius 1 is 1.23 bits per heavy atom. The van der Waals surface area contributed by atoms with Gasteiger partial charge in [0.2, 0.25) is 0 Å². The minimum absolute atomic E-state index is 0.531. The van der Waals surface area contributed by atoms with E-state index in [1.54, 1.807) is 0 Å². The van der Waals surface area contributed by atoms with E-state index in [1.165, 1.54) is 5.56 Å². The average molecular weight is 173 g/mol. The summed E-state index contributed by atoms with van der Waals surface area (Å²) in [6.45, 7) is 2.58. The minimum atomic E-state index is 0.531. The van der Waals surface area contributed by atoms with Gasteiger partial charge in [-0.25, -0.2) is 4.99 Å². The highest BCUT2D eigenvalue weighted by Crippen LogP contribution is 2.08. The van der Waals surface area contributed by atoms with E-state index in [2.05, 4.69) is 16.9 Å². The van der Waals surface area contributed by atoms with Gasteiger partial charge in [-0.3, -0.25) is 4.99 Å². The summed E-state index contributed by atoms with van der Waals surface area (Å²) in [5, 5.41) is 0. The van der Waals surface area contributed by atoms with E-state index in [0.717, 1.165) is 11.4 Å². The zero-order valence-corrected chi connectivity index (χ0v) is 7.49. The van der Waals surface area contributed by atoms with E-state index >= 15 is 0 Å². The van der Waals surface area contributed by atoms with Crippen molar-refractivity contribution in [3.63, 3.8) is 0 Å². The van der Waals surface area contributed by atoms with Gasteiger partial charge in [-0.05, 0) is 6.92 Å². The van der Waals surface area contributed by atoms with E-state index in [4.69, 9.17) is 5.73 Å². The molecular weight excluding hydrogens is 162 g/mol. The topological polar surface area (TPSA) is 50.7 Å². The normalized spacial score (nSPS) is 15.5. The van der Waals surface area contributed by atoms with E-state index in [1.807, 2.05) is 24.3 Å². The van der Waals surface area contributed by atoms with Gasteiger partial charge in [0.15, 0.2) is 5.84 Å². The zero-order chi connectivity index (χ0) is 9.26. The predicted octanol–water partition coefficient (Wildman–Crippen LogP) is 1.11. The van der Waals surface area contributed by atoms with Crippen molar-refractivity contribution in [3.8, 4) is 0 Å². The standard InChI is InChI=1S/C10H11N3/c1-7-2-4-8(5-3-7)10-12-6-9(11)13-10/h2-5H,6H2,1H3,(H2,11,12,13). The molecule has 0 aromatic heterocycles. The summed E-state index contributed by atoms with van der Waals surface area (Å²) >= 11 is 0. The van der Waals surface area contributed by atoms with Crippen LogP contribution in [0.25, 0.3) is 0 Å². The fourth-order valence-corrected chi connectivity index (χ4v) is 1.22. The Kier molecular flexibility index (Phi) is 1.85. The highest BCUT2D eigenvalue weighted by atomic mass is 15.0. The smallest absolute Gasteiger partial charge is 0.157 e. The maximum atomic E-state index is 5.53. The Morgan fingerprint density at radius 2 is 1.92 bits per heavy atom. The largest absolute Gasteiger partial charge is 0.386 e. The van der Waals surface area contributed by atoms with Crippen molar-refractivity contribution < 1.29 is 0 Å². The first kappa shape index (κ1) is 7.98. The highest BCUT2D eigenvalue weighted by Gasteiger charge is 2.08. The van der Waals surface area contributed by atoms with Crippen LogP contribution in [0.15, 0.2) is 34.3 Å². The molecule has 0 fully saturated rings. The molecule has 2 rings (SSSR count). The molecular formula is C10H11N3. The molecule has 1 aromatic rings. The van der Waals surface area contributed by atoms with Gasteiger partial charge in [-0.1, -0.05) is 29.8 Å². The van der Waals surface area contributed by atoms with Gasteiger partial charge in [0, 0.05) is 5.56 Å². The first-order chi connectivity index (χ1) is 6.25. The summed E-state index contributed by atoms with van der Waals surface area (Å²) in [6, 6.07) is 8.11. The SMILES string of the molecule is Cc1ccc(C2=NCC(N)=N2)cc1. The van der Waals surface area contributed by atoms with E-state index < -0.39 is 0 Å². The highest BCUT2D eigenvalue weighted by molar-refractivity contribution is 6.10. The quantitative estimate of drug-likeness (QED) is 0.679. The Balaban J connectivity index is 2.32. The molecule has 0 radical (unpaired) electrons. The molecule has 3 nitrogen and oxygen atoms in total. The average Bonchev–Trinajstić information content (AvgIpc) is 2.53. The maximum Gasteiger partial charge on any atom is 0.157 e. The van der Waals surface area contributed by atoms with Gasteiger partial charge >= 0.3 is 0 Å². The molecule has 0 unspecified atom stereocenters. The number of rotatable bonds is 1. The Morgan fingerprint density at radius 3 is 2.46 bits per heavy atom. The minimum Gasteiger partial charge on any atom is -0.386 e. The first-order valence-electron chi connectivity index (χ1n) is 4.20. The number of hydrogen-bond donors (Lipinski definition) is 1. The van der Waals surface area contributed by atoms with Crippen LogP contribution in [0.2, 0.25) is 0 Å². The van der Waals surface area contributed by atoms with Crippen molar-refractivity contribution in [2.24, 2.45) is 15.7 Å². The lowest BCUT2D eigenvalue weighted by atomic mass is 10.1. The van der Waals surface area contributed by atoms with Crippen molar-refractivity contribution >= 4 is 11.7 Å². The summed E-state index contributed by atoms with van der Waals surface area (Å²) in [5.74, 6) is 1.34. The second-order valence-electron chi connectivity index (χ2n) is 3.11. The second-order valence-corrected chi connectivity index (χ2v) is 3.11. The third-order valence-electron chi connectivity index (χ3n) is 1.95. The Hall–Kier alpha value is -1.64. The molecule has 2 N–H and O–H groups in total. The molecule has 0 saturated heterocycles. The number of aryl methyl sites for hydroxylation is 1. The fraction of sp³-hybridized carbons (Fsp3) is 0.200. The van der Waals surface area contributed by atoms with Crippen LogP contribution >= 0.6 is 0 Å². The molecule has 0 bridgehead atoms. The lowest BCUT2D eigenvalue weighted by Gasteiger charge is -1.97. The molecule has 1 aliphatic rings. The van der Waals surface area contributed by atoms with Crippen molar-refractivity contribution in [1.29, 1.82) is 0 Å². The van der Waals surface area contributed by atoms with Crippen LogP contribution in [0.1, 0.15) is 11.1 Å². The number of amidine groups is 2. The molecule has 66 valence electrons. The number of hydrogen-bond acceptors (Lipinski definition) is 3. The summed E-state index contributed by atoms with van der Waals surface area (Å²) in [6.07, 6.45) is 0. The summed E-state index contributed by atoms with van der Waals surface area (Å²) in [4.78, 5) is 8.34. The van der Waals surface area contributed by atoms with Gasteiger partial charge < -0.3 is 5.73 Å². The number of nitrogens with two attached hydrogens (primary N) is 1. The molecule has 1 heterocycles. The Bertz CT molecular complexity index is 374. The molecule has 3 heteroatoms. The van der Waals surface area contributed by atoms with Crippen LogP contribution in [0.5, 0.6) is 0 Å². The molecule has 0 saturated carbocycles. The monoisotopic (exact) mass is 173 g/mol. The van der Waals surface area contributed by atoms with Crippen molar-refractivity contribution in [1.82, 2.24) is 0 Å². The maximum absolute atomic E-state index is 5.53. The van der Waals surface area contributed by atoms with Crippen molar-refractivity contribution in [2.45, 2.75) is 6.92 Å². The molecule has 1 aromatic carbocycles. The summed E-state index contributed by atoms with van der Waals surface area (Å²) in [7, 11) is 0. The number of nitrogens with zero attached hydrogens (tertiary/aromatic N) is 2. The molecule has 0 aliphatic carbocycles. The van der Waals surface area contributed by atoms with Gasteiger partial charge in [0.25, 0.3) is 0 Å². The number of benzene rings is 1. The molecule has 0 atom stereocenters. The van der Waals surface area contributed by atoms with Crippen molar-refractivity contribution in [2.75, 3.05) is 6.54 Å². The zero-order valence-electron chi connectivity index (χ0n) is 7.49. The van der Waals surface area contributed by atoms with Crippen LogP contribution in [0.4, 0.5) is 0 Å². The first-order valence-corrected chi connectivity index (χ1v) is 4.20. The van der Waals surface area contributed by atoms with Crippen LogP contribution < -0.4 is 5.73 Å². The molecule has 1 aliphatic heterocycles. The molecule has 0 spiro atoms. The Labute approximate surface area is 77.0 Å². The lowest BCUT2D eigenvalue weighted by molar-refractivity contribution is 1.31. The van der Waals surface area contributed by atoms with Gasteiger partial charge in [0.05, 0.1) is 6.54 Å². The number of aliphatic imine (C=N–C) groups is 2. The van der Waals surface area contributed by atoms with Crippen LogP contribution in [-0.2, 0) is 0 Å². The van der Waals surface area contributed by atoms with Crippen LogP contribution in [-0.4, -0.2) is 18.2 Å². The van der Waals surface area contributed by atoms with Gasteiger partial charge in [-0.15, -0.1) is 0 Å². The summed E-state index contributed by atoms with van der Waals surface area (Å²) in [5.41, 5.74) is 7.80. The van der Waals surface area contributed by atoms with Crippen LogP contribution in [0.3, 0.4) is 0 Å². The van der Waals surface area contributed by atoms with Crippen molar-refractivity contribution in [3.05, 3.63) is 35.4 Å². The summed E-state index contributed by atoms with van der Waals surface area (Å²) < 4.78 is 0. The second kappa shape index (κ2) is 3.01. The van der Waals surface area contributed by atoms with Gasteiger partial charge in [0.1, 0.15) is 5.84 Å². The van der Waals surface area contributed by atoms with E-state index in [9.17, 15) is 0 Å². The van der Waals surface area contributed by atoms with Crippen LogP contribution in [0, 0.1) is 6.92 Å². The lowest BCUT2D eigenvalue weighted by Crippen LogP contribution is -2.11. The molecule has 0 amide bonds. The molecule has 13 heavy (non-hydrogen) atoms. The van der Waals surface area contributed by atoms with Gasteiger partial charge in [-0.2, -0.15) is 0 Å². The predicted molar refractivity (Wildman–Crippen MR) is 54.2 cm³/mol. The third kappa shape index (κ3) is 1.59. The van der Waals surface area contributed by atoms with E-state index in [-0.39, 0.29) is 0 Å². The van der Waals surface area contributed by atoms with E-state index in [0.29, 0.717) is 12.4 Å². The fourth-order valence-electron chi connectivity index (χ4n) is 1.22.